The van der Waals surface area contributed by atoms with Gasteiger partial charge in [-0.25, -0.2) is 14.4 Å². The van der Waals surface area contributed by atoms with Crippen LogP contribution < -0.4 is 5.32 Å². The minimum absolute atomic E-state index is 0.117. The van der Waals surface area contributed by atoms with E-state index in [0.717, 1.165) is 33.8 Å². The summed E-state index contributed by atoms with van der Waals surface area (Å²) >= 11 is 3.73. The summed E-state index contributed by atoms with van der Waals surface area (Å²) in [6.07, 6.45) is 1.54. The number of thioether (sulfide) groups is 1. The zero-order valence-electron chi connectivity index (χ0n) is 22.3. The highest BCUT2D eigenvalue weighted by atomic mass is 32.2. The first-order valence-electron chi connectivity index (χ1n) is 12.5. The number of carbonyl (C=O) groups is 4. The average Bonchev–Trinajstić information content (AvgIpc) is 3.45. The molecule has 1 amide bonds. The molecule has 1 atom stereocenters. The van der Waals surface area contributed by atoms with E-state index in [4.69, 9.17) is 14.2 Å². The van der Waals surface area contributed by atoms with Gasteiger partial charge in [0.1, 0.15) is 9.88 Å². The number of aryl methyl sites for hydroxylation is 1. The summed E-state index contributed by atoms with van der Waals surface area (Å²) in [5, 5.41) is 2.37. The quantitative estimate of drug-likeness (QED) is 0.181. The normalized spacial score (nSPS) is 12.6. The molecule has 39 heavy (non-hydrogen) atoms. The number of carbonyl (C=O) groups excluding carboxylic acids is 4. The van der Waals surface area contributed by atoms with E-state index in [0.29, 0.717) is 21.8 Å². The van der Waals surface area contributed by atoms with Gasteiger partial charge in [-0.3, -0.25) is 4.79 Å². The Labute approximate surface area is 239 Å². The van der Waals surface area contributed by atoms with Crippen LogP contribution >= 0.6 is 34.4 Å². The van der Waals surface area contributed by atoms with E-state index in [1.807, 2.05) is 12.1 Å². The predicted molar refractivity (Wildman–Crippen MR) is 153 cm³/mol. The smallest absolute Gasteiger partial charge is 0.348 e. The van der Waals surface area contributed by atoms with E-state index >= 15 is 0 Å². The van der Waals surface area contributed by atoms with Crippen LogP contribution in [0, 0.1) is 6.92 Å². The lowest BCUT2D eigenvalue weighted by Gasteiger charge is -2.17. The van der Waals surface area contributed by atoms with Crippen molar-refractivity contribution < 1.29 is 33.4 Å². The van der Waals surface area contributed by atoms with Crippen LogP contribution in [0.25, 0.3) is 10.4 Å². The van der Waals surface area contributed by atoms with Crippen molar-refractivity contribution >= 4 is 63.3 Å². The highest BCUT2D eigenvalue weighted by Crippen LogP contribution is 2.47. The molecule has 0 radical (unpaired) electrons. The molecule has 0 bridgehead atoms. The van der Waals surface area contributed by atoms with Gasteiger partial charge in [0.2, 0.25) is 5.91 Å². The molecule has 8 nitrogen and oxygen atoms in total. The molecule has 0 saturated heterocycles. The van der Waals surface area contributed by atoms with E-state index in [2.05, 4.69) is 17.4 Å². The summed E-state index contributed by atoms with van der Waals surface area (Å²) in [5.74, 6) is -2.02. The fourth-order valence-electron chi connectivity index (χ4n) is 4.38. The summed E-state index contributed by atoms with van der Waals surface area (Å²) in [4.78, 5) is 52.6. The number of fused-ring (bicyclic) bond motifs is 3. The van der Waals surface area contributed by atoms with E-state index in [1.54, 1.807) is 27.7 Å². The monoisotopic (exact) mass is 587 g/mol. The van der Waals surface area contributed by atoms with Crippen LogP contribution in [0.1, 0.15) is 67.8 Å². The summed E-state index contributed by atoms with van der Waals surface area (Å²) < 4.78 is 16.1. The van der Waals surface area contributed by atoms with E-state index in [-0.39, 0.29) is 34.6 Å². The molecular formula is C28H29NO7S3. The average molecular weight is 588 g/mol. The SMILES string of the molecule is CCOC(=O)c1sc(NC(=O)C(C)Sc2sc3c(c2C(=O)OCC)CCc2ccccc2-3)c(C(=O)OC)c1C. The number of anilines is 1. The topological polar surface area (TPSA) is 108 Å². The second-order valence-corrected chi connectivity index (χ2v) is 12.3. The number of amides is 1. The largest absolute Gasteiger partial charge is 0.465 e. The molecule has 1 aliphatic carbocycles. The number of ether oxygens (including phenoxy) is 3. The lowest BCUT2D eigenvalue weighted by molar-refractivity contribution is -0.115. The third kappa shape index (κ3) is 5.75. The lowest BCUT2D eigenvalue weighted by Crippen LogP contribution is -2.23. The maximum Gasteiger partial charge on any atom is 0.348 e. The fraction of sp³-hybridized carbons (Fsp3) is 0.357. The van der Waals surface area contributed by atoms with E-state index in [1.165, 1.54) is 35.8 Å². The number of esters is 3. The predicted octanol–water partition coefficient (Wildman–Crippen LogP) is 6.14. The van der Waals surface area contributed by atoms with Gasteiger partial charge in [-0.05, 0) is 62.8 Å². The van der Waals surface area contributed by atoms with Crippen molar-refractivity contribution in [3.05, 3.63) is 57.0 Å². The molecule has 1 N–H and O–H groups in total. The van der Waals surface area contributed by atoms with E-state index in [9.17, 15) is 19.2 Å². The number of thiophene rings is 2. The second-order valence-electron chi connectivity index (χ2n) is 8.67. The lowest BCUT2D eigenvalue weighted by atomic mass is 9.89. The number of methoxy groups -OCH3 is 1. The molecule has 0 aliphatic heterocycles. The molecule has 0 fully saturated rings. The highest BCUT2D eigenvalue weighted by molar-refractivity contribution is 8.02. The number of hydrogen-bond donors (Lipinski definition) is 1. The number of hydrogen-bond acceptors (Lipinski definition) is 10. The maximum atomic E-state index is 13.3. The third-order valence-electron chi connectivity index (χ3n) is 6.25. The Kier molecular flexibility index (Phi) is 9.14. The molecule has 2 aromatic heterocycles. The maximum absolute atomic E-state index is 13.3. The molecule has 2 heterocycles. The van der Waals surface area contributed by atoms with Gasteiger partial charge in [0.05, 0.1) is 40.9 Å². The first kappa shape index (κ1) is 28.8. The Morgan fingerprint density at radius 1 is 0.974 bits per heavy atom. The van der Waals surface area contributed by atoms with Crippen molar-refractivity contribution in [3.63, 3.8) is 0 Å². The van der Waals surface area contributed by atoms with Gasteiger partial charge in [-0.15, -0.1) is 34.4 Å². The first-order chi connectivity index (χ1) is 18.7. The Morgan fingerprint density at radius 3 is 2.36 bits per heavy atom. The van der Waals surface area contributed by atoms with Crippen LogP contribution in [0.4, 0.5) is 5.00 Å². The Hall–Kier alpha value is -3.15. The third-order valence-corrected chi connectivity index (χ3v) is 10.0. The Balaban J connectivity index is 1.64. The molecule has 1 aromatic carbocycles. The number of benzene rings is 1. The molecule has 11 heteroatoms. The van der Waals surface area contributed by atoms with Gasteiger partial charge >= 0.3 is 17.9 Å². The second kappa shape index (κ2) is 12.4. The van der Waals surface area contributed by atoms with Crippen LogP contribution in [-0.4, -0.2) is 49.4 Å². The fourth-order valence-corrected chi connectivity index (χ4v) is 8.29. The molecule has 1 unspecified atom stereocenters. The van der Waals surface area contributed by atoms with Crippen molar-refractivity contribution in [2.75, 3.05) is 25.6 Å². The van der Waals surface area contributed by atoms with Crippen LogP contribution in [0.5, 0.6) is 0 Å². The van der Waals surface area contributed by atoms with Gasteiger partial charge in [0, 0.05) is 4.88 Å². The molecule has 0 spiro atoms. The summed E-state index contributed by atoms with van der Waals surface area (Å²) in [7, 11) is 1.24. The van der Waals surface area contributed by atoms with Crippen LogP contribution in [0.2, 0.25) is 0 Å². The highest BCUT2D eigenvalue weighted by Gasteiger charge is 2.32. The van der Waals surface area contributed by atoms with Crippen molar-refractivity contribution in [2.24, 2.45) is 0 Å². The first-order valence-corrected chi connectivity index (χ1v) is 15.0. The zero-order chi connectivity index (χ0) is 28.3. The van der Waals surface area contributed by atoms with Gasteiger partial charge in [-0.1, -0.05) is 24.3 Å². The van der Waals surface area contributed by atoms with Crippen LogP contribution in [-0.2, 0) is 31.8 Å². The summed E-state index contributed by atoms with van der Waals surface area (Å²) in [6, 6.07) is 8.14. The number of nitrogens with one attached hydrogen (secondary N) is 1. The van der Waals surface area contributed by atoms with Crippen LogP contribution in [0.3, 0.4) is 0 Å². The molecule has 206 valence electrons. The number of rotatable bonds is 9. The van der Waals surface area contributed by atoms with Gasteiger partial charge in [0.15, 0.2) is 0 Å². The van der Waals surface area contributed by atoms with Crippen molar-refractivity contribution in [3.8, 4) is 10.4 Å². The van der Waals surface area contributed by atoms with Gasteiger partial charge in [0.25, 0.3) is 0 Å². The van der Waals surface area contributed by atoms with Crippen molar-refractivity contribution in [2.45, 2.75) is 50.0 Å². The molecule has 3 aromatic rings. The van der Waals surface area contributed by atoms with Gasteiger partial charge < -0.3 is 19.5 Å². The van der Waals surface area contributed by atoms with Crippen LogP contribution in [0.15, 0.2) is 28.5 Å². The molecule has 1 aliphatic rings. The minimum Gasteiger partial charge on any atom is -0.465 e. The summed E-state index contributed by atoms with van der Waals surface area (Å²) in [5.41, 5.74) is 4.30. The molecular weight excluding hydrogens is 559 g/mol. The summed E-state index contributed by atoms with van der Waals surface area (Å²) in [6.45, 7) is 7.22. The Morgan fingerprint density at radius 2 is 1.67 bits per heavy atom. The van der Waals surface area contributed by atoms with E-state index < -0.39 is 23.2 Å². The molecule has 4 rings (SSSR count). The molecule has 0 saturated carbocycles. The zero-order valence-corrected chi connectivity index (χ0v) is 24.7. The Bertz CT molecular complexity index is 1440. The van der Waals surface area contributed by atoms with Crippen molar-refractivity contribution in [1.29, 1.82) is 0 Å². The van der Waals surface area contributed by atoms with Crippen molar-refractivity contribution in [1.82, 2.24) is 0 Å². The van der Waals surface area contributed by atoms with Gasteiger partial charge in [-0.2, -0.15) is 0 Å². The standard InChI is InChI=1S/C28H29NO7S3/c1-6-35-26(32)20-18-13-12-16-10-8-9-11-17(16)22(18)39-28(20)37-15(4)23(30)29-24-19(25(31)34-5)14(3)21(38-24)27(33)36-7-2/h8-11,15H,6-7,12-13H2,1-5H3,(H,29,30). The minimum atomic E-state index is -0.663.